The summed E-state index contributed by atoms with van der Waals surface area (Å²) in [6, 6.07) is 12.8. The fourth-order valence-electron chi connectivity index (χ4n) is 3.96. The van der Waals surface area contributed by atoms with Crippen molar-refractivity contribution in [2.75, 3.05) is 19.6 Å². The highest BCUT2D eigenvalue weighted by atomic mass is 32.1. The third-order valence-corrected chi connectivity index (χ3v) is 5.88. The molecule has 2 aliphatic heterocycles. The lowest BCUT2D eigenvalue weighted by Crippen LogP contribution is -2.32. The molecule has 1 aromatic carbocycles. The summed E-state index contributed by atoms with van der Waals surface area (Å²) in [4.78, 5) is 18.6. The molecule has 3 nitrogen and oxygen atoms in total. The van der Waals surface area contributed by atoms with Gasteiger partial charge in [0.05, 0.1) is 5.92 Å². The van der Waals surface area contributed by atoms with Crippen molar-refractivity contribution in [2.45, 2.75) is 20.0 Å². The highest BCUT2D eigenvalue weighted by molar-refractivity contribution is 7.09. The molecule has 0 aliphatic carbocycles. The summed E-state index contributed by atoms with van der Waals surface area (Å²) in [6.07, 6.45) is 0. The van der Waals surface area contributed by atoms with Gasteiger partial charge in [0.2, 0.25) is 5.91 Å². The van der Waals surface area contributed by atoms with Crippen LogP contribution in [0.3, 0.4) is 0 Å². The van der Waals surface area contributed by atoms with Gasteiger partial charge in [-0.2, -0.15) is 0 Å². The Morgan fingerprint density at radius 1 is 1.13 bits per heavy atom. The lowest BCUT2D eigenvalue weighted by molar-refractivity contribution is -0.131. The van der Waals surface area contributed by atoms with E-state index in [0.717, 1.165) is 32.7 Å². The average Bonchev–Trinajstić information content (AvgIpc) is 3.21. The van der Waals surface area contributed by atoms with Crippen LogP contribution >= 0.6 is 11.3 Å². The van der Waals surface area contributed by atoms with E-state index in [-0.39, 0.29) is 5.92 Å². The molecule has 2 saturated heterocycles. The number of benzene rings is 1. The van der Waals surface area contributed by atoms with Crippen LogP contribution in [0.25, 0.3) is 0 Å². The van der Waals surface area contributed by atoms with Gasteiger partial charge in [-0.25, -0.2) is 0 Å². The number of hydrogen-bond acceptors (Lipinski definition) is 3. The Morgan fingerprint density at radius 3 is 2.78 bits per heavy atom. The van der Waals surface area contributed by atoms with E-state index < -0.39 is 0 Å². The van der Waals surface area contributed by atoms with Crippen LogP contribution < -0.4 is 0 Å². The first-order valence-electron chi connectivity index (χ1n) is 8.28. The predicted octanol–water partition coefficient (Wildman–Crippen LogP) is 3.15. The van der Waals surface area contributed by atoms with Crippen molar-refractivity contribution in [1.29, 1.82) is 0 Å². The molecule has 0 N–H and O–H groups in total. The molecule has 4 rings (SSSR count). The number of carbonyl (C=O) groups excluding carboxylic acids is 1. The standard InChI is InChI=1S/C19H22N2OS/c1-14-4-2-5-15(8-14)9-21-11-16-10-20(13-18(16)19(21)22)12-17-6-3-7-23-17/h2-8,16,18H,9-13H2,1H3/t16-,18-/m0/s1. The fraction of sp³-hybridized carbons (Fsp3) is 0.421. The Kier molecular flexibility index (Phi) is 3.95. The molecule has 4 heteroatoms. The Balaban J connectivity index is 1.38. The maximum atomic E-state index is 12.7. The van der Waals surface area contributed by atoms with E-state index in [1.807, 2.05) is 0 Å². The number of carbonyl (C=O) groups is 1. The number of amides is 1. The van der Waals surface area contributed by atoms with Gasteiger partial charge >= 0.3 is 0 Å². The van der Waals surface area contributed by atoms with Gasteiger partial charge in [-0.15, -0.1) is 11.3 Å². The quantitative estimate of drug-likeness (QED) is 0.862. The van der Waals surface area contributed by atoms with Crippen molar-refractivity contribution in [1.82, 2.24) is 9.80 Å². The molecule has 1 amide bonds. The molecule has 3 heterocycles. The van der Waals surface area contributed by atoms with Crippen molar-refractivity contribution in [3.05, 3.63) is 57.8 Å². The molecular weight excluding hydrogens is 304 g/mol. The Labute approximate surface area is 141 Å². The smallest absolute Gasteiger partial charge is 0.227 e. The number of thiophene rings is 1. The summed E-state index contributed by atoms with van der Waals surface area (Å²) >= 11 is 1.81. The van der Waals surface area contributed by atoms with E-state index >= 15 is 0 Å². The second-order valence-electron chi connectivity index (χ2n) is 6.85. The third kappa shape index (κ3) is 3.06. The van der Waals surface area contributed by atoms with Crippen LogP contribution in [0.1, 0.15) is 16.0 Å². The molecule has 0 saturated carbocycles. The molecule has 2 aliphatic rings. The van der Waals surface area contributed by atoms with E-state index in [2.05, 4.69) is 58.5 Å². The van der Waals surface area contributed by atoms with E-state index in [0.29, 0.717) is 11.8 Å². The van der Waals surface area contributed by atoms with E-state index in [4.69, 9.17) is 0 Å². The normalized spacial score (nSPS) is 24.4. The summed E-state index contributed by atoms with van der Waals surface area (Å²) in [5.74, 6) is 1.07. The van der Waals surface area contributed by atoms with Gasteiger partial charge in [0, 0.05) is 43.5 Å². The van der Waals surface area contributed by atoms with Crippen LogP contribution in [-0.4, -0.2) is 35.3 Å². The highest BCUT2D eigenvalue weighted by Crippen LogP contribution is 2.34. The van der Waals surface area contributed by atoms with Gasteiger partial charge in [-0.3, -0.25) is 9.69 Å². The van der Waals surface area contributed by atoms with Crippen molar-refractivity contribution in [3.8, 4) is 0 Å². The second-order valence-corrected chi connectivity index (χ2v) is 7.88. The zero-order chi connectivity index (χ0) is 15.8. The topological polar surface area (TPSA) is 23.6 Å². The van der Waals surface area contributed by atoms with Gasteiger partial charge < -0.3 is 4.90 Å². The largest absolute Gasteiger partial charge is 0.338 e. The number of aryl methyl sites for hydroxylation is 1. The molecule has 2 aromatic rings. The van der Waals surface area contributed by atoms with Crippen LogP contribution in [0, 0.1) is 18.8 Å². The van der Waals surface area contributed by atoms with Crippen LogP contribution in [0.2, 0.25) is 0 Å². The summed E-state index contributed by atoms with van der Waals surface area (Å²) < 4.78 is 0. The van der Waals surface area contributed by atoms with Crippen LogP contribution in [0.15, 0.2) is 41.8 Å². The summed E-state index contributed by atoms with van der Waals surface area (Å²) in [7, 11) is 0. The minimum Gasteiger partial charge on any atom is -0.338 e. The van der Waals surface area contributed by atoms with Gasteiger partial charge in [0.1, 0.15) is 0 Å². The zero-order valence-corrected chi connectivity index (χ0v) is 14.3. The molecule has 0 radical (unpaired) electrons. The molecule has 0 spiro atoms. The first-order chi connectivity index (χ1) is 11.2. The number of hydrogen-bond donors (Lipinski definition) is 0. The number of likely N-dealkylation sites (tertiary alicyclic amines) is 2. The molecule has 1 aromatic heterocycles. The van der Waals surface area contributed by atoms with E-state index in [1.54, 1.807) is 11.3 Å². The molecule has 23 heavy (non-hydrogen) atoms. The lowest BCUT2D eigenvalue weighted by Gasteiger charge is -2.21. The lowest BCUT2D eigenvalue weighted by atomic mass is 10.0. The first kappa shape index (κ1) is 14.9. The van der Waals surface area contributed by atoms with Gasteiger partial charge in [0.25, 0.3) is 0 Å². The van der Waals surface area contributed by atoms with Gasteiger partial charge in [-0.1, -0.05) is 35.9 Å². The highest BCUT2D eigenvalue weighted by Gasteiger charge is 2.45. The first-order valence-corrected chi connectivity index (χ1v) is 9.16. The minimum atomic E-state index is 0.208. The number of rotatable bonds is 4. The van der Waals surface area contributed by atoms with Gasteiger partial charge in [0.15, 0.2) is 0 Å². The molecular formula is C19H22N2OS. The monoisotopic (exact) mass is 326 g/mol. The van der Waals surface area contributed by atoms with E-state index in [9.17, 15) is 4.79 Å². The Hall–Kier alpha value is -1.65. The molecule has 2 fully saturated rings. The summed E-state index contributed by atoms with van der Waals surface area (Å²) in [5.41, 5.74) is 2.50. The second kappa shape index (κ2) is 6.10. The van der Waals surface area contributed by atoms with E-state index in [1.165, 1.54) is 16.0 Å². The van der Waals surface area contributed by atoms with Crippen LogP contribution in [0.4, 0.5) is 0 Å². The summed E-state index contributed by atoms with van der Waals surface area (Å²) in [6.45, 7) is 6.75. The Bertz CT molecular complexity index is 697. The predicted molar refractivity (Wildman–Crippen MR) is 93.2 cm³/mol. The van der Waals surface area contributed by atoms with Crippen LogP contribution in [0.5, 0.6) is 0 Å². The van der Waals surface area contributed by atoms with Crippen molar-refractivity contribution >= 4 is 17.2 Å². The Morgan fingerprint density at radius 2 is 2.04 bits per heavy atom. The molecule has 120 valence electrons. The average molecular weight is 326 g/mol. The number of fused-ring (bicyclic) bond motifs is 1. The minimum absolute atomic E-state index is 0.208. The summed E-state index contributed by atoms with van der Waals surface area (Å²) in [5, 5.41) is 2.13. The maximum Gasteiger partial charge on any atom is 0.227 e. The maximum absolute atomic E-state index is 12.7. The van der Waals surface area contributed by atoms with Crippen molar-refractivity contribution < 1.29 is 4.79 Å². The third-order valence-electron chi connectivity index (χ3n) is 5.02. The molecule has 0 unspecified atom stereocenters. The van der Waals surface area contributed by atoms with Gasteiger partial charge in [-0.05, 0) is 23.9 Å². The molecule has 2 atom stereocenters. The SMILES string of the molecule is Cc1cccc(CN2C[C@@H]3CN(Cc4cccs4)C[C@@H]3C2=O)c1. The van der Waals surface area contributed by atoms with Crippen LogP contribution in [-0.2, 0) is 17.9 Å². The fourth-order valence-corrected chi connectivity index (χ4v) is 4.70. The number of nitrogens with zero attached hydrogens (tertiary/aromatic N) is 2. The molecule has 0 bridgehead atoms. The van der Waals surface area contributed by atoms with Crippen molar-refractivity contribution in [3.63, 3.8) is 0 Å². The zero-order valence-electron chi connectivity index (χ0n) is 13.4. The van der Waals surface area contributed by atoms with Crippen molar-refractivity contribution in [2.24, 2.45) is 11.8 Å².